The molecule has 0 aromatic carbocycles. The molecule has 4 nitrogen and oxygen atoms in total. The monoisotopic (exact) mass is 119 g/mol. The second-order valence-corrected chi connectivity index (χ2v) is 1.09. The van der Waals surface area contributed by atoms with Gasteiger partial charge in [0, 0.05) is 5.57 Å². The van der Waals surface area contributed by atoms with Crippen LogP contribution in [-0.2, 0) is 4.79 Å². The Morgan fingerprint density at radius 1 is 1.62 bits per heavy atom. The van der Waals surface area contributed by atoms with Crippen molar-refractivity contribution in [3.8, 4) is 0 Å². The van der Waals surface area contributed by atoms with Crippen LogP contribution in [0, 0.1) is 0 Å². The van der Waals surface area contributed by atoms with E-state index in [4.69, 9.17) is 10.3 Å². The molecular weight excluding hydrogens is 110 g/mol. The fraction of sp³-hybridized carbons (Fsp3) is 0.250. The standard InChI is InChI=1S/C4H6O2.H3NO/c1-3(2)4(5)6;1-2/h1H2,2H3,(H,5,6);2H,1H2. The molecule has 0 aromatic rings. The van der Waals surface area contributed by atoms with Crippen LogP contribution in [0.5, 0.6) is 0 Å². The lowest BCUT2D eigenvalue weighted by molar-refractivity contribution is -0.132. The summed E-state index contributed by atoms with van der Waals surface area (Å²) in [6.07, 6.45) is 0. The van der Waals surface area contributed by atoms with Crippen molar-refractivity contribution in [2.75, 3.05) is 0 Å². The minimum Gasteiger partial charge on any atom is -0.478 e. The molecule has 0 atom stereocenters. The van der Waals surface area contributed by atoms with Crippen molar-refractivity contribution in [1.82, 2.24) is 0 Å². The van der Waals surface area contributed by atoms with E-state index in [1.54, 1.807) is 0 Å². The van der Waals surface area contributed by atoms with Crippen LogP contribution in [-0.4, -0.2) is 16.3 Å². The lowest BCUT2D eigenvalue weighted by Gasteiger charge is -1.79. The first-order valence-electron chi connectivity index (χ1n) is 1.79. The number of rotatable bonds is 1. The summed E-state index contributed by atoms with van der Waals surface area (Å²) >= 11 is 0. The van der Waals surface area contributed by atoms with Gasteiger partial charge >= 0.3 is 5.97 Å². The van der Waals surface area contributed by atoms with E-state index in [2.05, 4.69) is 12.5 Å². The lowest BCUT2D eigenvalue weighted by atomic mass is 10.4. The van der Waals surface area contributed by atoms with Crippen molar-refractivity contribution < 1.29 is 15.1 Å². The average Bonchev–Trinajstić information content (AvgIpc) is 1.72. The molecule has 0 saturated carbocycles. The molecule has 0 fully saturated rings. The SMILES string of the molecule is C=C(C)C(=O)O.NO. The first-order chi connectivity index (χ1) is 3.64. The van der Waals surface area contributed by atoms with Crippen molar-refractivity contribution in [3.63, 3.8) is 0 Å². The molecule has 0 spiro atoms. The summed E-state index contributed by atoms with van der Waals surface area (Å²) in [6.45, 7) is 4.60. The summed E-state index contributed by atoms with van der Waals surface area (Å²) in [5.41, 5.74) is 0.176. The van der Waals surface area contributed by atoms with Gasteiger partial charge in [0.1, 0.15) is 0 Å². The van der Waals surface area contributed by atoms with Gasteiger partial charge in [0.25, 0.3) is 0 Å². The lowest BCUT2D eigenvalue weighted by Crippen LogP contribution is -1.92. The molecule has 0 aromatic heterocycles. The van der Waals surface area contributed by atoms with Crippen molar-refractivity contribution in [2.45, 2.75) is 6.92 Å². The van der Waals surface area contributed by atoms with Gasteiger partial charge in [-0.2, -0.15) is 0 Å². The highest BCUT2D eigenvalue weighted by atomic mass is 16.4. The molecule has 0 saturated heterocycles. The van der Waals surface area contributed by atoms with Crippen LogP contribution in [0.4, 0.5) is 0 Å². The summed E-state index contributed by atoms with van der Waals surface area (Å²) < 4.78 is 0. The normalized spacial score (nSPS) is 6.38. The molecule has 0 unspecified atom stereocenters. The summed E-state index contributed by atoms with van der Waals surface area (Å²) in [6, 6.07) is 0. The molecule has 4 N–H and O–H groups in total. The molecule has 0 heterocycles. The van der Waals surface area contributed by atoms with Gasteiger partial charge in [-0.1, -0.05) is 6.58 Å². The molecule has 48 valence electrons. The van der Waals surface area contributed by atoms with Crippen molar-refractivity contribution in [2.24, 2.45) is 5.90 Å². The molecule has 0 aliphatic rings. The molecular formula is C4H9NO3. The zero-order valence-electron chi connectivity index (χ0n) is 4.59. The molecule has 8 heavy (non-hydrogen) atoms. The summed E-state index contributed by atoms with van der Waals surface area (Å²) in [4.78, 5) is 9.60. The second-order valence-electron chi connectivity index (χ2n) is 1.09. The Labute approximate surface area is 47.2 Å². The summed E-state index contributed by atoms with van der Waals surface area (Å²) in [5.74, 6) is 2.56. The molecule has 4 heteroatoms. The number of hydrogen-bond donors (Lipinski definition) is 3. The molecule has 0 aliphatic heterocycles. The predicted octanol–water partition coefficient (Wildman–Crippen LogP) is -0.0186. The minimum absolute atomic E-state index is 0.176. The number of carboxylic acid groups (broad SMARTS) is 1. The third kappa shape index (κ3) is 8.93. The quantitative estimate of drug-likeness (QED) is 0.334. The molecule has 0 bridgehead atoms. The highest BCUT2D eigenvalue weighted by Crippen LogP contribution is 1.81. The smallest absolute Gasteiger partial charge is 0.330 e. The van der Waals surface area contributed by atoms with Crippen molar-refractivity contribution in [3.05, 3.63) is 12.2 Å². The van der Waals surface area contributed by atoms with E-state index in [0.29, 0.717) is 0 Å². The zero-order valence-corrected chi connectivity index (χ0v) is 4.59. The molecule has 0 amide bonds. The predicted molar refractivity (Wildman–Crippen MR) is 28.4 cm³/mol. The molecule has 0 rings (SSSR count). The summed E-state index contributed by atoms with van der Waals surface area (Å²) in [5, 5.41) is 14.4. The average molecular weight is 119 g/mol. The first-order valence-corrected chi connectivity index (χ1v) is 1.79. The number of carbonyl (C=O) groups is 1. The van der Waals surface area contributed by atoms with E-state index in [9.17, 15) is 4.79 Å². The van der Waals surface area contributed by atoms with Gasteiger partial charge in [-0.25, -0.2) is 10.7 Å². The zero-order chi connectivity index (χ0) is 7.15. The second kappa shape index (κ2) is 6.13. The first kappa shape index (κ1) is 10.2. The van der Waals surface area contributed by atoms with Crippen LogP contribution >= 0.6 is 0 Å². The minimum atomic E-state index is -0.935. The summed E-state index contributed by atoms with van der Waals surface area (Å²) in [7, 11) is 0. The fourth-order valence-corrected chi connectivity index (χ4v) is 0. The van der Waals surface area contributed by atoms with E-state index >= 15 is 0 Å². The maximum Gasteiger partial charge on any atom is 0.330 e. The van der Waals surface area contributed by atoms with E-state index in [0.717, 1.165) is 0 Å². The van der Waals surface area contributed by atoms with Gasteiger partial charge in [0.15, 0.2) is 0 Å². The number of aliphatic carboxylic acids is 1. The third-order valence-corrected chi connectivity index (χ3v) is 0.365. The Bertz CT molecular complexity index is 77.3. The maximum absolute atomic E-state index is 9.60. The molecule has 0 radical (unpaired) electrons. The van der Waals surface area contributed by atoms with Gasteiger partial charge < -0.3 is 10.3 Å². The van der Waals surface area contributed by atoms with Crippen LogP contribution in [0.25, 0.3) is 0 Å². The Balaban J connectivity index is 0. The van der Waals surface area contributed by atoms with Gasteiger partial charge in [-0.3, -0.25) is 0 Å². The van der Waals surface area contributed by atoms with E-state index in [-0.39, 0.29) is 5.57 Å². The van der Waals surface area contributed by atoms with Crippen LogP contribution in [0.1, 0.15) is 6.92 Å². The van der Waals surface area contributed by atoms with Crippen molar-refractivity contribution in [1.29, 1.82) is 0 Å². The fourth-order valence-electron chi connectivity index (χ4n) is 0. The highest BCUT2D eigenvalue weighted by Gasteiger charge is 1.90. The van der Waals surface area contributed by atoms with E-state index < -0.39 is 5.97 Å². The Morgan fingerprint density at radius 3 is 1.75 bits per heavy atom. The van der Waals surface area contributed by atoms with Gasteiger partial charge in [0.05, 0.1) is 0 Å². The van der Waals surface area contributed by atoms with E-state index in [1.165, 1.54) is 6.92 Å². The van der Waals surface area contributed by atoms with Gasteiger partial charge in [-0.15, -0.1) is 0 Å². The molecule has 0 aliphatic carbocycles. The van der Waals surface area contributed by atoms with Crippen LogP contribution < -0.4 is 5.90 Å². The van der Waals surface area contributed by atoms with E-state index in [1.807, 2.05) is 0 Å². The largest absolute Gasteiger partial charge is 0.478 e. The van der Waals surface area contributed by atoms with Gasteiger partial charge in [0.2, 0.25) is 0 Å². The maximum atomic E-state index is 9.60. The number of nitrogens with two attached hydrogens (primary N) is 1. The van der Waals surface area contributed by atoms with Crippen molar-refractivity contribution >= 4 is 5.97 Å². The number of carboxylic acids is 1. The topological polar surface area (TPSA) is 83.5 Å². The highest BCUT2D eigenvalue weighted by molar-refractivity contribution is 5.84. The Morgan fingerprint density at radius 2 is 1.75 bits per heavy atom. The third-order valence-electron chi connectivity index (χ3n) is 0.365. The van der Waals surface area contributed by atoms with Crippen LogP contribution in [0.15, 0.2) is 12.2 Å². The number of hydrogen-bond acceptors (Lipinski definition) is 3. The van der Waals surface area contributed by atoms with Crippen LogP contribution in [0.2, 0.25) is 0 Å². The van der Waals surface area contributed by atoms with Gasteiger partial charge in [-0.05, 0) is 6.92 Å². The Kier molecular flexibility index (Phi) is 7.80. The van der Waals surface area contributed by atoms with Crippen LogP contribution in [0.3, 0.4) is 0 Å². The Hall–Kier alpha value is -0.870.